The fraction of sp³-hybridized carbons (Fsp3) is 0.913. The zero-order chi connectivity index (χ0) is 20.2. The highest BCUT2D eigenvalue weighted by atomic mass is 15.6. The van der Waals surface area contributed by atoms with Crippen molar-refractivity contribution in [1.82, 2.24) is 10.0 Å². The normalized spacial score (nSPS) is 11.9. The quantitative estimate of drug-likeness (QED) is 0.104. The van der Waals surface area contributed by atoms with Crippen LogP contribution in [-0.4, -0.2) is 42.7 Å². The van der Waals surface area contributed by atoms with Crippen molar-refractivity contribution in [2.75, 3.05) is 14.1 Å². The molecule has 0 atom stereocenters. The van der Waals surface area contributed by atoms with Gasteiger partial charge < -0.3 is 0 Å². The summed E-state index contributed by atoms with van der Waals surface area (Å²) in [6.45, 7) is 6.78. The minimum absolute atomic E-state index is 0.251. The van der Waals surface area contributed by atoms with Gasteiger partial charge in [0.05, 0.1) is 0 Å². The van der Waals surface area contributed by atoms with Crippen LogP contribution in [0.3, 0.4) is 0 Å². The van der Waals surface area contributed by atoms with Crippen LogP contribution in [0, 0.1) is 0 Å². The molecule has 0 saturated carbocycles. The van der Waals surface area contributed by atoms with Crippen LogP contribution < -0.4 is 0 Å². The molecule has 4 nitrogen and oxygen atoms in total. The second kappa shape index (κ2) is 19.7. The third-order valence-electron chi connectivity index (χ3n) is 5.08. The van der Waals surface area contributed by atoms with Crippen LogP contribution in [0.4, 0.5) is 0 Å². The van der Waals surface area contributed by atoms with Crippen molar-refractivity contribution in [1.29, 1.82) is 0 Å². The minimum atomic E-state index is 0.251. The first kappa shape index (κ1) is 25.9. The van der Waals surface area contributed by atoms with Crippen LogP contribution in [0.15, 0.2) is 10.2 Å². The molecule has 0 unspecified atom stereocenters. The molecule has 0 spiro atoms. The molecule has 0 aromatic carbocycles. The molecule has 0 bridgehead atoms. The molecule has 27 heavy (non-hydrogen) atoms. The molecule has 0 N–H and O–H groups in total. The van der Waals surface area contributed by atoms with E-state index in [0.717, 1.165) is 19.3 Å². The second-order valence-corrected chi connectivity index (χ2v) is 7.77. The molecule has 0 aromatic rings. The van der Waals surface area contributed by atoms with Crippen molar-refractivity contribution in [3.05, 3.63) is 0 Å². The van der Waals surface area contributed by atoms with Gasteiger partial charge in [-0.25, -0.2) is 0 Å². The van der Waals surface area contributed by atoms with Crippen molar-refractivity contribution in [3.8, 4) is 0 Å². The number of hydrazone groups is 2. The maximum atomic E-state index is 4.70. The second-order valence-electron chi connectivity index (χ2n) is 7.77. The van der Waals surface area contributed by atoms with Crippen LogP contribution in [0.1, 0.15) is 117 Å². The highest BCUT2D eigenvalue weighted by Gasteiger charge is 2.16. The Morgan fingerprint density at radius 1 is 0.593 bits per heavy atom. The van der Waals surface area contributed by atoms with Gasteiger partial charge in [-0.15, -0.1) is 0 Å². The Bertz CT molecular complexity index is 326. The molecule has 0 saturated heterocycles. The van der Waals surface area contributed by atoms with Gasteiger partial charge in [0.2, 0.25) is 0 Å². The fourth-order valence-electron chi connectivity index (χ4n) is 3.22. The maximum Gasteiger partial charge on any atom is 0.133 e. The van der Waals surface area contributed by atoms with E-state index in [-0.39, 0.29) is 6.17 Å². The smallest absolute Gasteiger partial charge is 0.133 e. The summed E-state index contributed by atoms with van der Waals surface area (Å²) in [5, 5.41) is 13.6. The van der Waals surface area contributed by atoms with E-state index < -0.39 is 0 Å². The number of hydrogen-bond acceptors (Lipinski definition) is 4. The molecular weight excluding hydrogens is 332 g/mol. The molecule has 0 radical (unpaired) electrons. The summed E-state index contributed by atoms with van der Waals surface area (Å²) < 4.78 is 0. The highest BCUT2D eigenvalue weighted by molar-refractivity contribution is 5.57. The summed E-state index contributed by atoms with van der Waals surface area (Å²) in [6, 6.07) is 0. The Labute approximate surface area is 170 Å². The molecule has 4 heteroatoms. The molecule has 160 valence electrons. The summed E-state index contributed by atoms with van der Waals surface area (Å²) in [6.07, 6.45) is 23.2. The van der Waals surface area contributed by atoms with Gasteiger partial charge in [-0.3, -0.25) is 10.0 Å². The summed E-state index contributed by atoms with van der Waals surface area (Å²) in [5.41, 5.74) is 0. The third kappa shape index (κ3) is 15.7. The van der Waals surface area contributed by atoms with Crippen LogP contribution in [0.25, 0.3) is 0 Å². The Kier molecular flexibility index (Phi) is 18.9. The largest absolute Gasteiger partial charge is 0.277 e. The summed E-state index contributed by atoms with van der Waals surface area (Å²) in [7, 11) is 4.20. The molecule has 0 fully saturated rings. The first-order valence-electron chi connectivity index (χ1n) is 11.7. The van der Waals surface area contributed by atoms with Gasteiger partial charge in [0.25, 0.3) is 0 Å². The van der Waals surface area contributed by atoms with E-state index in [9.17, 15) is 0 Å². The lowest BCUT2D eigenvalue weighted by Gasteiger charge is -2.32. The van der Waals surface area contributed by atoms with Crippen molar-refractivity contribution in [2.45, 2.75) is 123 Å². The molecule has 0 amide bonds. The van der Waals surface area contributed by atoms with Gasteiger partial charge in [0.15, 0.2) is 0 Å². The van der Waals surface area contributed by atoms with E-state index in [4.69, 9.17) is 10.2 Å². The molecule has 0 aromatic heterocycles. The van der Waals surface area contributed by atoms with Gasteiger partial charge in [-0.1, -0.05) is 78.6 Å². The molecule has 0 aliphatic rings. The molecule has 0 aliphatic carbocycles. The molecule has 0 aliphatic heterocycles. The number of rotatable bonds is 19. The maximum absolute atomic E-state index is 4.70. The van der Waals surface area contributed by atoms with Crippen molar-refractivity contribution in [3.63, 3.8) is 0 Å². The Hall–Kier alpha value is -1.06. The van der Waals surface area contributed by atoms with Crippen LogP contribution in [-0.2, 0) is 0 Å². The summed E-state index contributed by atoms with van der Waals surface area (Å²) in [5.74, 6) is 0. The number of nitrogens with zero attached hydrogens (tertiary/aromatic N) is 4. The number of unbranched alkanes of at least 4 members (excludes halogenated alkanes) is 11. The SMILES string of the molecule is CCCCCC/C=N/N(C)C(CCCCCC)N(C)/N=C/CCCCCC. The van der Waals surface area contributed by atoms with Gasteiger partial charge in [0.1, 0.15) is 6.17 Å². The van der Waals surface area contributed by atoms with E-state index in [0.29, 0.717) is 0 Å². The predicted molar refractivity (Wildman–Crippen MR) is 123 cm³/mol. The Morgan fingerprint density at radius 2 is 1.00 bits per heavy atom. The van der Waals surface area contributed by atoms with E-state index >= 15 is 0 Å². The average molecular weight is 381 g/mol. The van der Waals surface area contributed by atoms with Crippen LogP contribution >= 0.6 is 0 Å². The molecule has 0 rings (SSSR count). The standard InChI is InChI=1S/C23H48N4/c1-6-9-12-15-18-21-24-26(4)23(20-17-14-11-8-3)27(5)25-22-19-16-13-10-7-2/h21-23H,6-20H2,1-5H3/b24-21+,25-22+. The van der Waals surface area contributed by atoms with Gasteiger partial charge in [-0.05, 0) is 38.5 Å². The number of hydrogen-bond donors (Lipinski definition) is 0. The van der Waals surface area contributed by atoms with Crippen LogP contribution in [0.2, 0.25) is 0 Å². The lowest BCUT2D eigenvalue weighted by Crippen LogP contribution is -2.39. The Morgan fingerprint density at radius 3 is 1.41 bits per heavy atom. The van der Waals surface area contributed by atoms with E-state index in [1.165, 1.54) is 77.0 Å². The lowest BCUT2D eigenvalue weighted by atomic mass is 10.1. The zero-order valence-corrected chi connectivity index (χ0v) is 19.1. The molecular formula is C23H48N4. The minimum Gasteiger partial charge on any atom is -0.277 e. The Balaban J connectivity index is 4.45. The predicted octanol–water partition coefficient (Wildman–Crippen LogP) is 7.06. The monoisotopic (exact) mass is 380 g/mol. The van der Waals surface area contributed by atoms with Crippen LogP contribution in [0.5, 0.6) is 0 Å². The van der Waals surface area contributed by atoms with E-state index in [2.05, 4.69) is 57.3 Å². The lowest BCUT2D eigenvalue weighted by molar-refractivity contribution is 0.0789. The molecule has 0 heterocycles. The van der Waals surface area contributed by atoms with Crippen molar-refractivity contribution in [2.24, 2.45) is 10.2 Å². The topological polar surface area (TPSA) is 31.2 Å². The fourth-order valence-corrected chi connectivity index (χ4v) is 3.22. The van der Waals surface area contributed by atoms with E-state index in [1.807, 2.05) is 0 Å². The van der Waals surface area contributed by atoms with E-state index in [1.54, 1.807) is 0 Å². The highest BCUT2D eigenvalue weighted by Crippen LogP contribution is 2.14. The first-order valence-corrected chi connectivity index (χ1v) is 11.7. The van der Waals surface area contributed by atoms with Crippen molar-refractivity contribution < 1.29 is 0 Å². The van der Waals surface area contributed by atoms with Crippen molar-refractivity contribution >= 4 is 12.4 Å². The van der Waals surface area contributed by atoms with Gasteiger partial charge in [0, 0.05) is 26.5 Å². The summed E-state index contributed by atoms with van der Waals surface area (Å²) in [4.78, 5) is 0. The third-order valence-corrected chi connectivity index (χ3v) is 5.08. The van der Waals surface area contributed by atoms with Gasteiger partial charge >= 0.3 is 0 Å². The first-order chi connectivity index (χ1) is 13.2. The summed E-state index contributed by atoms with van der Waals surface area (Å²) >= 11 is 0. The average Bonchev–Trinajstić information content (AvgIpc) is 2.67. The zero-order valence-electron chi connectivity index (χ0n) is 19.1. The van der Waals surface area contributed by atoms with Gasteiger partial charge in [-0.2, -0.15) is 10.2 Å².